The van der Waals surface area contributed by atoms with Crippen LogP contribution in [0.3, 0.4) is 0 Å². The van der Waals surface area contributed by atoms with Crippen molar-refractivity contribution < 1.29 is 14.3 Å². The van der Waals surface area contributed by atoms with Crippen LogP contribution in [0.1, 0.15) is 23.4 Å². The summed E-state index contributed by atoms with van der Waals surface area (Å²) >= 11 is 1.65. The summed E-state index contributed by atoms with van der Waals surface area (Å²) in [6.45, 7) is 5.77. The van der Waals surface area contributed by atoms with Gasteiger partial charge in [-0.1, -0.05) is 29.8 Å². The van der Waals surface area contributed by atoms with Gasteiger partial charge in [0.1, 0.15) is 12.0 Å². The average Bonchev–Trinajstić information content (AvgIpc) is 2.89. The Labute approximate surface area is 142 Å². The molecule has 1 fully saturated rings. The van der Waals surface area contributed by atoms with E-state index in [4.69, 9.17) is 4.74 Å². The highest BCUT2D eigenvalue weighted by Crippen LogP contribution is 2.38. The molecule has 2 rings (SSSR count). The van der Waals surface area contributed by atoms with Gasteiger partial charge in [0.25, 0.3) is 0 Å². The van der Waals surface area contributed by atoms with Crippen LogP contribution in [0.25, 0.3) is 0 Å². The van der Waals surface area contributed by atoms with Gasteiger partial charge in [0.05, 0.1) is 5.75 Å². The van der Waals surface area contributed by atoms with Crippen molar-refractivity contribution in [2.75, 3.05) is 39.1 Å². The van der Waals surface area contributed by atoms with E-state index in [0.29, 0.717) is 25.4 Å². The molecule has 0 spiro atoms. The van der Waals surface area contributed by atoms with Gasteiger partial charge in [0.15, 0.2) is 0 Å². The predicted octanol–water partition coefficient (Wildman–Crippen LogP) is 2.06. The molecule has 5 nitrogen and oxygen atoms in total. The molecule has 0 unspecified atom stereocenters. The van der Waals surface area contributed by atoms with E-state index in [-0.39, 0.29) is 23.8 Å². The Morgan fingerprint density at radius 1 is 1.48 bits per heavy atom. The van der Waals surface area contributed by atoms with Gasteiger partial charge in [0, 0.05) is 26.7 Å². The summed E-state index contributed by atoms with van der Waals surface area (Å²) in [6, 6.07) is 8.25. The molecule has 0 bridgehead atoms. The number of carbonyl (C=O) groups excluding carboxylic acids is 2. The maximum Gasteiger partial charge on any atom is 0.248 e. The third-order valence-electron chi connectivity index (χ3n) is 3.91. The summed E-state index contributed by atoms with van der Waals surface area (Å²) in [5.41, 5.74) is 2.33. The molecule has 126 valence electrons. The fourth-order valence-electron chi connectivity index (χ4n) is 2.70. The molecule has 1 aliphatic rings. The van der Waals surface area contributed by atoms with E-state index in [9.17, 15) is 9.59 Å². The van der Waals surface area contributed by atoms with Crippen LogP contribution in [-0.4, -0.2) is 60.7 Å². The number of hydrogen-bond donors (Lipinski definition) is 0. The van der Waals surface area contributed by atoms with E-state index in [2.05, 4.69) is 25.1 Å². The third-order valence-corrected chi connectivity index (χ3v) is 5.16. The molecule has 0 aromatic heterocycles. The molecule has 1 aromatic carbocycles. The van der Waals surface area contributed by atoms with Crippen LogP contribution < -0.4 is 0 Å². The fraction of sp³-hybridized carbons (Fsp3) is 0.529. The van der Waals surface area contributed by atoms with Gasteiger partial charge in [-0.2, -0.15) is 0 Å². The molecule has 6 heteroatoms. The first-order valence-corrected chi connectivity index (χ1v) is 8.86. The van der Waals surface area contributed by atoms with E-state index in [1.807, 2.05) is 17.9 Å². The zero-order valence-electron chi connectivity index (χ0n) is 13.9. The second-order valence-electron chi connectivity index (χ2n) is 5.57. The average molecular weight is 336 g/mol. The summed E-state index contributed by atoms with van der Waals surface area (Å²) in [6.07, 6.45) is 0. The highest BCUT2D eigenvalue weighted by atomic mass is 32.2. The molecule has 0 saturated carbocycles. The smallest absolute Gasteiger partial charge is 0.248 e. The Morgan fingerprint density at radius 3 is 2.91 bits per heavy atom. The standard InChI is InChI=1S/C17H24N2O3S/c1-4-18(15(20)11-22-3)8-9-19-16(21)12-23-17(19)14-7-5-6-13(2)10-14/h5-7,10,17H,4,8-9,11-12H2,1-3H3/t17-/m1/s1. The van der Waals surface area contributed by atoms with Crippen molar-refractivity contribution in [1.29, 1.82) is 0 Å². The minimum atomic E-state index is -0.0404. The van der Waals surface area contributed by atoms with Crippen molar-refractivity contribution in [3.05, 3.63) is 35.4 Å². The largest absolute Gasteiger partial charge is 0.375 e. The quantitative estimate of drug-likeness (QED) is 0.765. The van der Waals surface area contributed by atoms with Crippen molar-refractivity contribution in [1.82, 2.24) is 9.80 Å². The Hall–Kier alpha value is -1.53. The number of likely N-dealkylation sites (N-methyl/N-ethyl adjacent to an activating group) is 1. The molecule has 1 aromatic rings. The topological polar surface area (TPSA) is 49.9 Å². The van der Waals surface area contributed by atoms with E-state index in [1.54, 1.807) is 16.7 Å². The zero-order valence-corrected chi connectivity index (χ0v) is 14.8. The summed E-state index contributed by atoms with van der Waals surface area (Å²) < 4.78 is 4.91. The zero-order chi connectivity index (χ0) is 16.8. The summed E-state index contributed by atoms with van der Waals surface area (Å²) in [7, 11) is 1.51. The van der Waals surface area contributed by atoms with Gasteiger partial charge in [-0.05, 0) is 19.4 Å². The normalized spacial score (nSPS) is 17.6. The molecule has 0 N–H and O–H groups in total. The SMILES string of the molecule is CCN(CCN1C(=O)CS[C@@H]1c1cccc(C)c1)C(=O)COC. The van der Waals surface area contributed by atoms with Gasteiger partial charge in [-0.15, -0.1) is 11.8 Å². The fourth-order valence-corrected chi connectivity index (χ4v) is 3.91. The molecular formula is C17H24N2O3S. The monoisotopic (exact) mass is 336 g/mol. The first-order chi connectivity index (χ1) is 11.1. The number of methoxy groups -OCH3 is 1. The molecule has 1 aliphatic heterocycles. The Morgan fingerprint density at radius 2 is 2.26 bits per heavy atom. The number of carbonyl (C=O) groups is 2. The van der Waals surface area contributed by atoms with Crippen molar-refractivity contribution in [3.63, 3.8) is 0 Å². The van der Waals surface area contributed by atoms with Crippen molar-refractivity contribution in [2.45, 2.75) is 19.2 Å². The minimum absolute atomic E-state index is 0.0404. The van der Waals surface area contributed by atoms with E-state index in [1.165, 1.54) is 12.7 Å². The van der Waals surface area contributed by atoms with Crippen molar-refractivity contribution >= 4 is 23.6 Å². The minimum Gasteiger partial charge on any atom is -0.375 e. The van der Waals surface area contributed by atoms with Crippen LogP contribution >= 0.6 is 11.8 Å². The number of nitrogens with zero attached hydrogens (tertiary/aromatic N) is 2. The number of aryl methyl sites for hydroxylation is 1. The van der Waals surface area contributed by atoms with Crippen molar-refractivity contribution in [2.24, 2.45) is 0 Å². The molecule has 23 heavy (non-hydrogen) atoms. The van der Waals surface area contributed by atoms with Crippen LogP contribution in [-0.2, 0) is 14.3 Å². The Kier molecular flexibility index (Phi) is 6.47. The molecule has 1 heterocycles. The third kappa shape index (κ3) is 4.48. The first kappa shape index (κ1) is 17.8. The number of benzene rings is 1. The van der Waals surface area contributed by atoms with Gasteiger partial charge in [0.2, 0.25) is 11.8 Å². The van der Waals surface area contributed by atoms with Crippen molar-refractivity contribution in [3.8, 4) is 0 Å². The van der Waals surface area contributed by atoms with Crippen LogP contribution in [0.2, 0.25) is 0 Å². The van der Waals surface area contributed by atoms with E-state index in [0.717, 1.165) is 5.56 Å². The first-order valence-electron chi connectivity index (χ1n) is 7.81. The Balaban J connectivity index is 2.04. The van der Waals surface area contributed by atoms with E-state index >= 15 is 0 Å². The van der Waals surface area contributed by atoms with Gasteiger partial charge >= 0.3 is 0 Å². The van der Waals surface area contributed by atoms with Crippen LogP contribution in [0.15, 0.2) is 24.3 Å². The second kappa shape index (κ2) is 8.36. The Bertz CT molecular complexity index is 565. The molecule has 0 radical (unpaired) electrons. The lowest BCUT2D eigenvalue weighted by Gasteiger charge is -2.28. The lowest BCUT2D eigenvalue weighted by molar-refractivity contribution is -0.136. The van der Waals surface area contributed by atoms with Crippen LogP contribution in [0.5, 0.6) is 0 Å². The number of rotatable bonds is 7. The summed E-state index contributed by atoms with van der Waals surface area (Å²) in [5, 5.41) is 0.0404. The summed E-state index contributed by atoms with van der Waals surface area (Å²) in [5.74, 6) is 0.592. The number of ether oxygens (including phenoxy) is 1. The van der Waals surface area contributed by atoms with Crippen LogP contribution in [0, 0.1) is 6.92 Å². The lowest BCUT2D eigenvalue weighted by Crippen LogP contribution is -2.41. The summed E-state index contributed by atoms with van der Waals surface area (Å²) in [4.78, 5) is 27.8. The molecular weight excluding hydrogens is 312 g/mol. The highest BCUT2D eigenvalue weighted by molar-refractivity contribution is 8.00. The molecule has 1 saturated heterocycles. The second-order valence-corrected chi connectivity index (χ2v) is 6.64. The van der Waals surface area contributed by atoms with Gasteiger partial charge in [-0.3, -0.25) is 9.59 Å². The number of thioether (sulfide) groups is 1. The predicted molar refractivity (Wildman–Crippen MR) is 92.2 cm³/mol. The molecule has 0 aliphatic carbocycles. The maximum atomic E-state index is 12.2. The maximum absolute atomic E-state index is 12.2. The van der Waals surface area contributed by atoms with Crippen LogP contribution in [0.4, 0.5) is 0 Å². The number of hydrogen-bond acceptors (Lipinski definition) is 4. The van der Waals surface area contributed by atoms with E-state index < -0.39 is 0 Å². The molecule has 2 amide bonds. The highest BCUT2D eigenvalue weighted by Gasteiger charge is 2.33. The molecule has 1 atom stereocenters. The number of amides is 2. The van der Waals surface area contributed by atoms with Gasteiger partial charge in [-0.25, -0.2) is 0 Å². The lowest BCUT2D eigenvalue weighted by atomic mass is 10.1. The van der Waals surface area contributed by atoms with Gasteiger partial charge < -0.3 is 14.5 Å².